The molecule has 0 radical (unpaired) electrons. The second-order valence-corrected chi connectivity index (χ2v) is 4.94. The van der Waals surface area contributed by atoms with Crippen LogP contribution in [0.25, 0.3) is 0 Å². The van der Waals surface area contributed by atoms with Crippen molar-refractivity contribution in [2.45, 2.75) is 26.3 Å². The van der Waals surface area contributed by atoms with Crippen LogP contribution in [0.1, 0.15) is 18.1 Å². The van der Waals surface area contributed by atoms with E-state index in [2.05, 4.69) is 32.7 Å². The Bertz CT molecular complexity index is 559. The molecule has 2 aromatic rings. The standard InChI is InChI=1S/C16H22N4O/c1-3-17-15-12(2)16(19-11-18-15)20-14(10-21)9-13-7-5-4-6-8-13/h4-8,11,14,21H,3,9-10H2,1-2H3,(H2,17,18,19,20). The number of benzene rings is 1. The normalized spacial score (nSPS) is 12.0. The highest BCUT2D eigenvalue weighted by atomic mass is 16.3. The molecule has 3 N–H and O–H groups in total. The minimum Gasteiger partial charge on any atom is -0.394 e. The molecule has 2 rings (SSSR count). The van der Waals surface area contributed by atoms with E-state index in [9.17, 15) is 5.11 Å². The molecule has 5 nitrogen and oxygen atoms in total. The van der Waals surface area contributed by atoms with Gasteiger partial charge < -0.3 is 15.7 Å². The molecule has 0 saturated carbocycles. The fourth-order valence-corrected chi connectivity index (χ4v) is 2.19. The number of rotatable bonds is 7. The van der Waals surface area contributed by atoms with E-state index in [1.54, 1.807) is 0 Å². The summed E-state index contributed by atoms with van der Waals surface area (Å²) >= 11 is 0. The summed E-state index contributed by atoms with van der Waals surface area (Å²) in [5.74, 6) is 1.59. The molecule has 1 aromatic heterocycles. The molecule has 1 atom stereocenters. The van der Waals surface area contributed by atoms with Crippen molar-refractivity contribution in [3.05, 3.63) is 47.8 Å². The zero-order valence-electron chi connectivity index (χ0n) is 12.5. The van der Waals surface area contributed by atoms with Crippen molar-refractivity contribution in [1.82, 2.24) is 9.97 Å². The number of hydrogen-bond acceptors (Lipinski definition) is 5. The van der Waals surface area contributed by atoms with Crippen LogP contribution in [0.5, 0.6) is 0 Å². The number of aromatic nitrogens is 2. The van der Waals surface area contributed by atoms with Crippen LogP contribution < -0.4 is 10.6 Å². The maximum Gasteiger partial charge on any atom is 0.134 e. The zero-order valence-corrected chi connectivity index (χ0v) is 12.5. The molecule has 0 fully saturated rings. The van der Waals surface area contributed by atoms with E-state index in [0.29, 0.717) is 0 Å². The maximum absolute atomic E-state index is 9.59. The molecule has 0 spiro atoms. The summed E-state index contributed by atoms with van der Waals surface area (Å²) in [6.45, 7) is 4.86. The quantitative estimate of drug-likeness (QED) is 0.728. The van der Waals surface area contributed by atoms with Gasteiger partial charge in [0, 0.05) is 12.1 Å². The topological polar surface area (TPSA) is 70.1 Å². The van der Waals surface area contributed by atoms with Crippen LogP contribution >= 0.6 is 0 Å². The second-order valence-electron chi connectivity index (χ2n) is 4.94. The van der Waals surface area contributed by atoms with Gasteiger partial charge in [-0.05, 0) is 25.8 Å². The second kappa shape index (κ2) is 7.59. The Kier molecular flexibility index (Phi) is 5.51. The van der Waals surface area contributed by atoms with Gasteiger partial charge in [0.15, 0.2) is 0 Å². The summed E-state index contributed by atoms with van der Waals surface area (Å²) in [5, 5.41) is 16.1. The van der Waals surface area contributed by atoms with Crippen LogP contribution in [-0.4, -0.2) is 34.3 Å². The lowest BCUT2D eigenvalue weighted by molar-refractivity contribution is 0.273. The Hall–Kier alpha value is -2.14. The third-order valence-electron chi connectivity index (χ3n) is 3.31. The van der Waals surface area contributed by atoms with Crippen LogP contribution in [0.15, 0.2) is 36.7 Å². The van der Waals surface area contributed by atoms with E-state index in [-0.39, 0.29) is 12.6 Å². The van der Waals surface area contributed by atoms with Gasteiger partial charge in [0.1, 0.15) is 18.0 Å². The minimum absolute atomic E-state index is 0.0505. The Balaban J connectivity index is 2.10. The average molecular weight is 286 g/mol. The van der Waals surface area contributed by atoms with Gasteiger partial charge in [-0.2, -0.15) is 0 Å². The monoisotopic (exact) mass is 286 g/mol. The lowest BCUT2D eigenvalue weighted by Crippen LogP contribution is -2.27. The fourth-order valence-electron chi connectivity index (χ4n) is 2.19. The summed E-state index contributed by atoms with van der Waals surface area (Å²) in [4.78, 5) is 8.50. The molecule has 0 amide bonds. The Morgan fingerprint density at radius 3 is 2.52 bits per heavy atom. The van der Waals surface area contributed by atoms with E-state index in [1.165, 1.54) is 11.9 Å². The number of hydrogen-bond donors (Lipinski definition) is 3. The van der Waals surface area contributed by atoms with Crippen LogP contribution in [-0.2, 0) is 6.42 Å². The van der Waals surface area contributed by atoms with Gasteiger partial charge in [-0.1, -0.05) is 30.3 Å². The van der Waals surface area contributed by atoms with E-state index < -0.39 is 0 Å². The number of nitrogens with zero attached hydrogens (tertiary/aromatic N) is 2. The van der Waals surface area contributed by atoms with Crippen LogP contribution in [0.4, 0.5) is 11.6 Å². The van der Waals surface area contributed by atoms with E-state index in [1.807, 2.05) is 32.0 Å². The summed E-state index contributed by atoms with van der Waals surface area (Å²) in [7, 11) is 0. The molecule has 1 aromatic carbocycles. The third-order valence-corrected chi connectivity index (χ3v) is 3.31. The summed E-state index contributed by atoms with van der Waals surface area (Å²) in [6, 6.07) is 10.0. The first-order valence-electron chi connectivity index (χ1n) is 7.21. The van der Waals surface area contributed by atoms with Crippen molar-refractivity contribution in [3.63, 3.8) is 0 Å². The largest absolute Gasteiger partial charge is 0.394 e. The average Bonchev–Trinajstić information content (AvgIpc) is 2.51. The van der Waals surface area contributed by atoms with Gasteiger partial charge >= 0.3 is 0 Å². The molecule has 5 heteroatoms. The molecule has 0 saturated heterocycles. The molecule has 0 bridgehead atoms. The smallest absolute Gasteiger partial charge is 0.134 e. The fraction of sp³-hybridized carbons (Fsp3) is 0.375. The molecule has 0 aliphatic rings. The zero-order chi connectivity index (χ0) is 15.1. The molecule has 0 aliphatic carbocycles. The van der Waals surface area contributed by atoms with Crippen molar-refractivity contribution in [3.8, 4) is 0 Å². The van der Waals surface area contributed by atoms with Crippen molar-refractivity contribution in [2.24, 2.45) is 0 Å². The molecule has 112 valence electrons. The van der Waals surface area contributed by atoms with Crippen molar-refractivity contribution in [1.29, 1.82) is 0 Å². The van der Waals surface area contributed by atoms with E-state index in [0.717, 1.165) is 30.2 Å². The lowest BCUT2D eigenvalue weighted by atomic mass is 10.1. The third kappa shape index (κ3) is 4.16. The molecule has 1 heterocycles. The highest BCUT2D eigenvalue weighted by Gasteiger charge is 2.12. The highest BCUT2D eigenvalue weighted by Crippen LogP contribution is 2.19. The van der Waals surface area contributed by atoms with Crippen LogP contribution in [0.3, 0.4) is 0 Å². The number of anilines is 2. The number of nitrogens with one attached hydrogen (secondary N) is 2. The summed E-state index contributed by atoms with van der Waals surface area (Å²) in [6.07, 6.45) is 2.28. The van der Waals surface area contributed by atoms with Crippen molar-refractivity contribution in [2.75, 3.05) is 23.8 Å². The maximum atomic E-state index is 9.59. The summed E-state index contributed by atoms with van der Waals surface area (Å²) < 4.78 is 0. The molecule has 21 heavy (non-hydrogen) atoms. The van der Waals surface area contributed by atoms with Crippen molar-refractivity contribution >= 4 is 11.6 Å². The minimum atomic E-state index is -0.0736. The first-order valence-corrected chi connectivity index (χ1v) is 7.21. The van der Waals surface area contributed by atoms with Gasteiger partial charge in [0.05, 0.1) is 12.6 Å². The van der Waals surface area contributed by atoms with Crippen molar-refractivity contribution < 1.29 is 5.11 Å². The van der Waals surface area contributed by atoms with Gasteiger partial charge in [-0.25, -0.2) is 9.97 Å². The van der Waals surface area contributed by atoms with Gasteiger partial charge in [-0.15, -0.1) is 0 Å². The Morgan fingerprint density at radius 1 is 1.14 bits per heavy atom. The Morgan fingerprint density at radius 2 is 1.86 bits per heavy atom. The van der Waals surface area contributed by atoms with Gasteiger partial charge in [0.25, 0.3) is 0 Å². The predicted molar refractivity (Wildman–Crippen MR) is 85.6 cm³/mol. The van der Waals surface area contributed by atoms with Crippen LogP contribution in [0, 0.1) is 6.92 Å². The first kappa shape index (κ1) is 15.3. The Labute approximate surface area is 125 Å². The molecule has 0 aliphatic heterocycles. The predicted octanol–water partition coefficient (Wildman–Crippen LogP) is 2.23. The summed E-state index contributed by atoms with van der Waals surface area (Å²) in [5.41, 5.74) is 2.15. The number of aliphatic hydroxyl groups is 1. The van der Waals surface area contributed by atoms with E-state index >= 15 is 0 Å². The lowest BCUT2D eigenvalue weighted by Gasteiger charge is -2.19. The van der Waals surface area contributed by atoms with Gasteiger partial charge in [-0.3, -0.25) is 0 Å². The highest BCUT2D eigenvalue weighted by molar-refractivity contribution is 5.56. The van der Waals surface area contributed by atoms with E-state index in [4.69, 9.17) is 0 Å². The van der Waals surface area contributed by atoms with Crippen LogP contribution in [0.2, 0.25) is 0 Å². The number of aliphatic hydroxyl groups excluding tert-OH is 1. The first-order chi connectivity index (χ1) is 10.2. The molecular formula is C16H22N4O. The molecular weight excluding hydrogens is 264 g/mol. The molecule has 1 unspecified atom stereocenters. The SMILES string of the molecule is CCNc1ncnc(NC(CO)Cc2ccccc2)c1C. The van der Waals surface area contributed by atoms with Gasteiger partial charge in [0.2, 0.25) is 0 Å².